The van der Waals surface area contributed by atoms with E-state index in [1.807, 2.05) is 78.2 Å². The van der Waals surface area contributed by atoms with Crippen LogP contribution in [0.1, 0.15) is 22.8 Å². The highest BCUT2D eigenvalue weighted by molar-refractivity contribution is 6.35. The van der Waals surface area contributed by atoms with Gasteiger partial charge in [0.1, 0.15) is 5.82 Å². The van der Waals surface area contributed by atoms with E-state index in [9.17, 15) is 4.79 Å². The van der Waals surface area contributed by atoms with E-state index in [1.54, 1.807) is 6.07 Å². The van der Waals surface area contributed by atoms with Gasteiger partial charge in [-0.15, -0.1) is 0 Å². The van der Waals surface area contributed by atoms with Crippen molar-refractivity contribution in [1.29, 1.82) is 0 Å². The number of halogens is 2. The number of hydrogen-bond acceptors (Lipinski definition) is 3. The first-order chi connectivity index (χ1) is 15.9. The second-order valence-electron chi connectivity index (χ2n) is 7.76. The maximum Gasteiger partial charge on any atom is 0.251 e. The van der Waals surface area contributed by atoms with E-state index in [0.717, 1.165) is 28.5 Å². The SMILES string of the molecule is CCNC(=O)c1ccc(N(C)c2cc(-c3cc(Cl)cc(Cl)c3)nn2-c2ccc(C)cc2)cc1. The molecular formula is C26H24Cl2N4O. The molecule has 168 valence electrons. The minimum atomic E-state index is -0.0866. The van der Waals surface area contributed by atoms with Crippen molar-refractivity contribution >= 4 is 40.6 Å². The number of aryl methyl sites for hydroxylation is 1. The molecule has 0 aliphatic heterocycles. The van der Waals surface area contributed by atoms with Crippen LogP contribution in [0.15, 0.2) is 72.8 Å². The van der Waals surface area contributed by atoms with Crippen molar-refractivity contribution in [3.63, 3.8) is 0 Å². The minimum Gasteiger partial charge on any atom is -0.352 e. The van der Waals surface area contributed by atoms with Gasteiger partial charge in [0.15, 0.2) is 0 Å². The molecule has 1 heterocycles. The second-order valence-corrected chi connectivity index (χ2v) is 8.63. The van der Waals surface area contributed by atoms with Crippen LogP contribution in [0.4, 0.5) is 11.5 Å². The summed E-state index contributed by atoms with van der Waals surface area (Å²) in [4.78, 5) is 14.1. The fourth-order valence-corrected chi connectivity index (χ4v) is 4.09. The standard InChI is InChI=1S/C26H24Cl2N4O/c1-4-29-26(33)18-7-11-22(12-8-18)31(3)25-16-24(19-13-20(27)15-21(28)14-19)30-32(25)23-9-5-17(2)6-10-23/h5-16H,4H2,1-3H3,(H,29,33). The van der Waals surface area contributed by atoms with Crippen LogP contribution in [0.3, 0.4) is 0 Å². The number of benzene rings is 3. The quantitative estimate of drug-likeness (QED) is 0.336. The van der Waals surface area contributed by atoms with Crippen LogP contribution in [0.5, 0.6) is 0 Å². The lowest BCUT2D eigenvalue weighted by Crippen LogP contribution is -2.22. The van der Waals surface area contributed by atoms with E-state index >= 15 is 0 Å². The van der Waals surface area contributed by atoms with E-state index in [2.05, 4.69) is 24.4 Å². The van der Waals surface area contributed by atoms with Crippen molar-refractivity contribution in [3.8, 4) is 16.9 Å². The summed E-state index contributed by atoms with van der Waals surface area (Å²) in [5.74, 6) is 0.771. The predicted octanol–water partition coefficient (Wildman–Crippen LogP) is 6.67. The van der Waals surface area contributed by atoms with Gasteiger partial charge >= 0.3 is 0 Å². The van der Waals surface area contributed by atoms with Crippen molar-refractivity contribution < 1.29 is 4.79 Å². The molecule has 4 aromatic rings. The molecule has 7 heteroatoms. The first-order valence-electron chi connectivity index (χ1n) is 10.6. The highest BCUT2D eigenvalue weighted by Gasteiger charge is 2.17. The number of nitrogens with zero attached hydrogens (tertiary/aromatic N) is 3. The summed E-state index contributed by atoms with van der Waals surface area (Å²) >= 11 is 12.5. The lowest BCUT2D eigenvalue weighted by atomic mass is 10.1. The number of amides is 1. The van der Waals surface area contributed by atoms with Gasteiger partial charge in [-0.1, -0.05) is 40.9 Å². The number of aromatic nitrogens is 2. The molecule has 0 bridgehead atoms. The van der Waals surface area contributed by atoms with Crippen molar-refractivity contribution in [1.82, 2.24) is 15.1 Å². The number of carbonyl (C=O) groups is 1. The number of nitrogens with one attached hydrogen (secondary N) is 1. The third-order valence-corrected chi connectivity index (χ3v) is 5.76. The molecule has 0 spiro atoms. The lowest BCUT2D eigenvalue weighted by molar-refractivity contribution is 0.0956. The molecule has 1 aromatic heterocycles. The molecule has 0 aliphatic rings. The first-order valence-corrected chi connectivity index (χ1v) is 11.4. The van der Waals surface area contributed by atoms with Crippen LogP contribution >= 0.6 is 23.2 Å². The predicted molar refractivity (Wildman–Crippen MR) is 136 cm³/mol. The van der Waals surface area contributed by atoms with E-state index in [4.69, 9.17) is 28.3 Å². The zero-order valence-corrected chi connectivity index (χ0v) is 20.2. The molecular weight excluding hydrogens is 455 g/mol. The number of hydrogen-bond donors (Lipinski definition) is 1. The molecule has 0 unspecified atom stereocenters. The molecule has 5 nitrogen and oxygen atoms in total. The molecule has 1 amide bonds. The molecule has 0 radical (unpaired) electrons. The van der Waals surface area contributed by atoms with Gasteiger partial charge in [0.25, 0.3) is 5.91 Å². The van der Waals surface area contributed by atoms with Crippen LogP contribution in [0.25, 0.3) is 16.9 Å². The molecule has 0 aliphatic carbocycles. The largest absolute Gasteiger partial charge is 0.352 e. The van der Waals surface area contributed by atoms with Gasteiger partial charge in [-0.05, 0) is 68.4 Å². The van der Waals surface area contributed by atoms with Crippen molar-refractivity contribution in [2.24, 2.45) is 0 Å². The maximum absolute atomic E-state index is 12.1. The number of anilines is 2. The Hall–Kier alpha value is -3.28. The Labute approximate surface area is 203 Å². The molecule has 0 saturated heterocycles. The van der Waals surface area contributed by atoms with Gasteiger partial charge in [-0.3, -0.25) is 4.79 Å². The summed E-state index contributed by atoms with van der Waals surface area (Å²) in [5, 5.41) is 8.80. The summed E-state index contributed by atoms with van der Waals surface area (Å²) in [6.45, 7) is 4.54. The Bertz CT molecular complexity index is 1260. The smallest absolute Gasteiger partial charge is 0.251 e. The number of rotatable bonds is 6. The molecule has 0 atom stereocenters. The highest BCUT2D eigenvalue weighted by Crippen LogP contribution is 2.33. The average Bonchev–Trinajstić information content (AvgIpc) is 3.24. The van der Waals surface area contributed by atoms with Crippen LogP contribution in [-0.2, 0) is 0 Å². The topological polar surface area (TPSA) is 50.2 Å². The normalized spacial score (nSPS) is 10.8. The Morgan fingerprint density at radius 2 is 1.61 bits per heavy atom. The van der Waals surface area contributed by atoms with Gasteiger partial charge in [0.2, 0.25) is 0 Å². The van der Waals surface area contributed by atoms with Crippen molar-refractivity contribution in [2.45, 2.75) is 13.8 Å². The third-order valence-electron chi connectivity index (χ3n) is 5.33. The van der Waals surface area contributed by atoms with Crippen LogP contribution in [0.2, 0.25) is 10.0 Å². The third kappa shape index (κ3) is 5.05. The Balaban J connectivity index is 1.77. The molecule has 3 aromatic carbocycles. The van der Waals surface area contributed by atoms with Gasteiger partial charge in [-0.25, -0.2) is 4.68 Å². The molecule has 1 N–H and O–H groups in total. The Morgan fingerprint density at radius 1 is 0.970 bits per heavy atom. The van der Waals surface area contributed by atoms with Crippen LogP contribution < -0.4 is 10.2 Å². The number of carbonyl (C=O) groups excluding carboxylic acids is 1. The monoisotopic (exact) mass is 478 g/mol. The zero-order valence-electron chi connectivity index (χ0n) is 18.6. The highest BCUT2D eigenvalue weighted by atomic mass is 35.5. The fraction of sp³-hybridized carbons (Fsp3) is 0.154. The summed E-state index contributed by atoms with van der Waals surface area (Å²) in [6.07, 6.45) is 0. The second kappa shape index (κ2) is 9.69. The molecule has 33 heavy (non-hydrogen) atoms. The summed E-state index contributed by atoms with van der Waals surface area (Å²) < 4.78 is 1.89. The Kier molecular flexibility index (Phi) is 6.72. The van der Waals surface area contributed by atoms with Crippen molar-refractivity contribution in [2.75, 3.05) is 18.5 Å². The summed E-state index contributed by atoms with van der Waals surface area (Å²) in [7, 11) is 1.97. The van der Waals surface area contributed by atoms with E-state index in [1.165, 1.54) is 5.56 Å². The molecule has 0 saturated carbocycles. The van der Waals surface area contributed by atoms with Crippen LogP contribution in [0, 0.1) is 6.92 Å². The lowest BCUT2D eigenvalue weighted by Gasteiger charge is -2.20. The molecule has 0 fully saturated rings. The van der Waals surface area contributed by atoms with E-state index in [-0.39, 0.29) is 5.91 Å². The fourth-order valence-electron chi connectivity index (χ4n) is 3.56. The van der Waals surface area contributed by atoms with Gasteiger partial charge < -0.3 is 10.2 Å². The van der Waals surface area contributed by atoms with Crippen LogP contribution in [-0.4, -0.2) is 29.3 Å². The van der Waals surface area contributed by atoms with E-state index < -0.39 is 0 Å². The average molecular weight is 479 g/mol. The van der Waals surface area contributed by atoms with Gasteiger partial charge in [0.05, 0.1) is 11.4 Å². The first kappa shape index (κ1) is 22.9. The van der Waals surface area contributed by atoms with Crippen molar-refractivity contribution in [3.05, 3.63) is 94.0 Å². The van der Waals surface area contributed by atoms with Gasteiger partial charge in [0, 0.05) is 46.5 Å². The minimum absolute atomic E-state index is 0.0866. The Morgan fingerprint density at radius 3 is 2.21 bits per heavy atom. The maximum atomic E-state index is 12.1. The molecule has 4 rings (SSSR count). The van der Waals surface area contributed by atoms with E-state index in [0.29, 0.717) is 22.2 Å². The summed E-state index contributed by atoms with van der Waals surface area (Å²) in [5.41, 5.74) is 5.23. The zero-order chi connectivity index (χ0) is 23.5. The van der Waals surface area contributed by atoms with Gasteiger partial charge in [-0.2, -0.15) is 5.10 Å². The summed E-state index contributed by atoms with van der Waals surface area (Å²) in [6, 6.07) is 23.1.